The molecule has 0 radical (unpaired) electrons. The van der Waals surface area contributed by atoms with E-state index >= 15 is 0 Å². The number of rotatable bonds is 5. The van der Waals surface area contributed by atoms with Crippen molar-refractivity contribution in [3.63, 3.8) is 0 Å². The van der Waals surface area contributed by atoms with E-state index in [-0.39, 0.29) is 11.3 Å². The Morgan fingerprint density at radius 3 is 2.37 bits per heavy atom. The molecule has 0 bridgehead atoms. The van der Waals surface area contributed by atoms with Crippen molar-refractivity contribution in [1.29, 1.82) is 0 Å². The van der Waals surface area contributed by atoms with Crippen LogP contribution >= 0.6 is 10.7 Å². The van der Waals surface area contributed by atoms with Gasteiger partial charge >= 0.3 is 0 Å². The Labute approximate surface area is 118 Å². The molecule has 0 aliphatic carbocycles. The first-order valence-electron chi connectivity index (χ1n) is 5.99. The third-order valence-corrected chi connectivity index (χ3v) is 3.88. The summed E-state index contributed by atoms with van der Waals surface area (Å²) < 4.78 is 29.8. The summed E-state index contributed by atoms with van der Waals surface area (Å²) in [4.78, 5) is 0. The molecule has 1 rings (SSSR count). The van der Waals surface area contributed by atoms with E-state index < -0.39 is 14.6 Å². The zero-order valence-corrected chi connectivity index (χ0v) is 13.4. The summed E-state index contributed by atoms with van der Waals surface area (Å²) in [5.74, 6) is 0.593. The first-order valence-corrected chi connectivity index (χ1v) is 8.30. The van der Waals surface area contributed by atoms with E-state index in [9.17, 15) is 8.42 Å². The van der Waals surface area contributed by atoms with E-state index in [1.807, 2.05) is 27.7 Å². The Morgan fingerprint density at radius 1 is 1.37 bits per heavy atom. The van der Waals surface area contributed by atoms with Gasteiger partial charge in [-0.3, -0.25) is 4.57 Å². The summed E-state index contributed by atoms with van der Waals surface area (Å²) in [6.07, 6.45) is 1.37. The van der Waals surface area contributed by atoms with Crippen LogP contribution in [-0.2, 0) is 25.7 Å². The van der Waals surface area contributed by atoms with Gasteiger partial charge in [0.05, 0.1) is 6.10 Å². The lowest BCUT2D eigenvalue weighted by Gasteiger charge is -2.24. The SMILES string of the molecule is COC(C)CCc1nnc(S(=O)(=O)Cl)n1C(C)(C)C. The van der Waals surface area contributed by atoms with E-state index in [1.54, 1.807) is 11.7 Å². The molecule has 0 saturated carbocycles. The molecule has 8 heteroatoms. The van der Waals surface area contributed by atoms with Crippen LogP contribution in [0, 0.1) is 0 Å². The highest BCUT2D eigenvalue weighted by Crippen LogP contribution is 2.24. The highest BCUT2D eigenvalue weighted by molar-refractivity contribution is 8.13. The predicted molar refractivity (Wildman–Crippen MR) is 72.8 cm³/mol. The summed E-state index contributed by atoms with van der Waals surface area (Å²) in [6.45, 7) is 7.58. The quantitative estimate of drug-likeness (QED) is 0.777. The molecule has 1 heterocycles. The maximum atomic E-state index is 11.5. The Bertz CT molecular complexity index is 534. The maximum absolute atomic E-state index is 11.5. The van der Waals surface area contributed by atoms with Gasteiger partial charge in [0.25, 0.3) is 14.2 Å². The molecule has 1 atom stereocenters. The van der Waals surface area contributed by atoms with Crippen LogP contribution in [0.25, 0.3) is 0 Å². The van der Waals surface area contributed by atoms with Crippen molar-refractivity contribution in [2.24, 2.45) is 0 Å². The summed E-state index contributed by atoms with van der Waals surface area (Å²) in [5, 5.41) is 7.45. The number of aryl methyl sites for hydroxylation is 1. The van der Waals surface area contributed by atoms with Gasteiger partial charge in [0.1, 0.15) is 5.82 Å². The molecular formula is C11H20ClN3O3S. The number of hydrogen-bond acceptors (Lipinski definition) is 5. The predicted octanol–water partition coefficient (Wildman–Crippen LogP) is 1.93. The first kappa shape index (κ1) is 16.4. The topological polar surface area (TPSA) is 74.1 Å². The molecule has 110 valence electrons. The average molecular weight is 310 g/mol. The van der Waals surface area contributed by atoms with Gasteiger partial charge in [-0.25, -0.2) is 8.42 Å². The molecule has 0 saturated heterocycles. The van der Waals surface area contributed by atoms with Gasteiger partial charge in [-0.1, -0.05) is 0 Å². The van der Waals surface area contributed by atoms with Gasteiger partial charge in [-0.05, 0) is 34.1 Å². The molecule has 0 fully saturated rings. The zero-order chi connectivity index (χ0) is 14.8. The zero-order valence-electron chi connectivity index (χ0n) is 11.8. The van der Waals surface area contributed by atoms with Crippen LogP contribution < -0.4 is 0 Å². The maximum Gasteiger partial charge on any atom is 0.296 e. The average Bonchev–Trinajstić information content (AvgIpc) is 2.68. The summed E-state index contributed by atoms with van der Waals surface area (Å²) in [6, 6.07) is 0. The number of nitrogens with zero attached hydrogens (tertiary/aromatic N) is 3. The van der Waals surface area contributed by atoms with E-state index in [1.165, 1.54) is 0 Å². The molecule has 0 amide bonds. The molecule has 6 nitrogen and oxygen atoms in total. The van der Waals surface area contributed by atoms with E-state index in [2.05, 4.69) is 10.2 Å². The fraction of sp³-hybridized carbons (Fsp3) is 0.818. The monoisotopic (exact) mass is 309 g/mol. The van der Waals surface area contributed by atoms with Crippen LogP contribution in [0.4, 0.5) is 0 Å². The van der Waals surface area contributed by atoms with Gasteiger partial charge in [0, 0.05) is 29.8 Å². The largest absolute Gasteiger partial charge is 0.382 e. The third-order valence-electron chi connectivity index (χ3n) is 2.77. The molecule has 0 aliphatic rings. The Balaban J connectivity index is 3.17. The van der Waals surface area contributed by atoms with Gasteiger partial charge < -0.3 is 4.74 Å². The Morgan fingerprint density at radius 2 is 1.95 bits per heavy atom. The number of halogens is 1. The molecule has 19 heavy (non-hydrogen) atoms. The lowest BCUT2D eigenvalue weighted by atomic mass is 10.1. The van der Waals surface area contributed by atoms with Crippen molar-refractivity contribution < 1.29 is 13.2 Å². The second-order valence-corrected chi connectivity index (χ2v) is 7.89. The van der Waals surface area contributed by atoms with Gasteiger partial charge in [0.15, 0.2) is 0 Å². The minimum atomic E-state index is -3.91. The van der Waals surface area contributed by atoms with Crippen LogP contribution in [0.15, 0.2) is 5.16 Å². The standard InChI is InChI=1S/C11H20ClN3O3S/c1-8(18-5)6-7-9-13-14-10(19(12,16)17)15(9)11(2,3)4/h8H,6-7H2,1-5H3. The van der Waals surface area contributed by atoms with Crippen LogP contribution in [0.3, 0.4) is 0 Å². The lowest BCUT2D eigenvalue weighted by molar-refractivity contribution is 0.110. The molecule has 0 N–H and O–H groups in total. The minimum absolute atomic E-state index is 0.0705. The molecule has 0 aliphatic heterocycles. The van der Waals surface area contributed by atoms with Crippen molar-refractivity contribution in [3.8, 4) is 0 Å². The van der Waals surface area contributed by atoms with E-state index in [0.29, 0.717) is 12.2 Å². The molecular weight excluding hydrogens is 290 g/mol. The van der Waals surface area contributed by atoms with Gasteiger partial charge in [-0.15, -0.1) is 10.2 Å². The number of hydrogen-bond donors (Lipinski definition) is 0. The van der Waals surface area contributed by atoms with Crippen LogP contribution in [-0.4, -0.2) is 36.4 Å². The van der Waals surface area contributed by atoms with Crippen molar-refractivity contribution in [2.45, 2.75) is 57.3 Å². The second kappa shape index (κ2) is 5.76. The summed E-state index contributed by atoms with van der Waals surface area (Å²) in [7, 11) is 3.12. The van der Waals surface area contributed by atoms with E-state index in [4.69, 9.17) is 15.4 Å². The van der Waals surface area contributed by atoms with Crippen molar-refractivity contribution >= 4 is 19.7 Å². The van der Waals surface area contributed by atoms with Crippen molar-refractivity contribution in [3.05, 3.63) is 5.82 Å². The van der Waals surface area contributed by atoms with E-state index in [0.717, 1.165) is 6.42 Å². The Kier molecular flexibility index (Phi) is 4.97. The molecule has 0 aromatic carbocycles. The molecule has 1 aromatic rings. The molecule has 0 spiro atoms. The van der Waals surface area contributed by atoms with Gasteiger partial charge in [0.2, 0.25) is 0 Å². The van der Waals surface area contributed by atoms with Crippen molar-refractivity contribution in [2.75, 3.05) is 7.11 Å². The minimum Gasteiger partial charge on any atom is -0.382 e. The fourth-order valence-electron chi connectivity index (χ4n) is 1.74. The first-order chi connectivity index (χ1) is 8.57. The van der Waals surface area contributed by atoms with Gasteiger partial charge in [-0.2, -0.15) is 0 Å². The van der Waals surface area contributed by atoms with Crippen LogP contribution in [0.1, 0.15) is 39.9 Å². The summed E-state index contributed by atoms with van der Waals surface area (Å²) in [5.41, 5.74) is -0.466. The lowest BCUT2D eigenvalue weighted by Crippen LogP contribution is -2.27. The normalized spacial score (nSPS) is 14.6. The number of aromatic nitrogens is 3. The highest BCUT2D eigenvalue weighted by atomic mass is 35.7. The smallest absolute Gasteiger partial charge is 0.296 e. The molecule has 1 aromatic heterocycles. The highest BCUT2D eigenvalue weighted by Gasteiger charge is 2.29. The number of ether oxygens (including phenoxy) is 1. The molecule has 1 unspecified atom stereocenters. The van der Waals surface area contributed by atoms with Crippen molar-refractivity contribution in [1.82, 2.24) is 14.8 Å². The number of methoxy groups -OCH3 is 1. The second-order valence-electron chi connectivity index (χ2n) is 5.43. The fourth-order valence-corrected chi connectivity index (χ4v) is 2.78. The van der Waals surface area contributed by atoms with Crippen LogP contribution in [0.5, 0.6) is 0 Å². The third kappa shape index (κ3) is 4.15. The Hall–Kier alpha value is -0.660. The van der Waals surface area contributed by atoms with Crippen LogP contribution in [0.2, 0.25) is 0 Å². The summed E-state index contributed by atoms with van der Waals surface area (Å²) >= 11 is 0.